The van der Waals surface area contributed by atoms with Crippen LogP contribution in [0.2, 0.25) is 0 Å². The topological polar surface area (TPSA) is 47.6 Å². The van der Waals surface area contributed by atoms with Crippen molar-refractivity contribution in [3.8, 4) is 0 Å². The maximum atomic E-state index is 11.4. The molecule has 0 bridgehead atoms. The van der Waals surface area contributed by atoms with Gasteiger partial charge in [-0.1, -0.05) is 26.5 Å². The van der Waals surface area contributed by atoms with E-state index in [1.165, 1.54) is 0 Å². The molecule has 1 N–H and O–H groups in total. The summed E-state index contributed by atoms with van der Waals surface area (Å²) in [7, 11) is 0. The molecule has 0 atom stereocenters. The zero-order chi connectivity index (χ0) is 16.9. The maximum absolute atomic E-state index is 11.4. The van der Waals surface area contributed by atoms with Gasteiger partial charge in [-0.3, -0.25) is 0 Å². The standard InChI is InChI=1S/C15H25NO3.C2H6/c1-7-12(3)11-13(8-2)18-10-9-16-14(17)19-15(4,5)6;1-2/h7-8,11H,1,9-10H2,2-6H3,(H,16,17);1-2H3/b12-11-,13-8+;. The Morgan fingerprint density at radius 3 is 2.29 bits per heavy atom. The summed E-state index contributed by atoms with van der Waals surface area (Å²) in [5, 5.41) is 2.63. The molecule has 4 heteroatoms. The number of carbonyl (C=O) groups is 1. The second-order valence-electron chi connectivity index (χ2n) is 5.06. The van der Waals surface area contributed by atoms with Crippen LogP contribution in [-0.4, -0.2) is 24.8 Å². The summed E-state index contributed by atoms with van der Waals surface area (Å²) in [6.45, 7) is 17.8. The van der Waals surface area contributed by atoms with Crippen molar-refractivity contribution in [1.29, 1.82) is 0 Å². The van der Waals surface area contributed by atoms with E-state index in [1.54, 1.807) is 6.08 Å². The second kappa shape index (κ2) is 12.1. The van der Waals surface area contributed by atoms with Gasteiger partial charge in [-0.2, -0.15) is 0 Å². The Balaban J connectivity index is 0. The van der Waals surface area contributed by atoms with Crippen molar-refractivity contribution in [3.63, 3.8) is 0 Å². The predicted octanol–water partition coefficient (Wildman–Crippen LogP) is 4.59. The van der Waals surface area contributed by atoms with E-state index in [0.717, 1.165) is 11.3 Å². The number of ether oxygens (including phenoxy) is 2. The van der Waals surface area contributed by atoms with Crippen molar-refractivity contribution in [3.05, 3.63) is 36.1 Å². The average molecular weight is 297 g/mol. The summed E-state index contributed by atoms with van der Waals surface area (Å²) in [5.74, 6) is 0.753. The molecule has 0 heterocycles. The van der Waals surface area contributed by atoms with Crippen molar-refractivity contribution < 1.29 is 14.3 Å². The number of amides is 1. The van der Waals surface area contributed by atoms with Gasteiger partial charge in [0.25, 0.3) is 0 Å². The van der Waals surface area contributed by atoms with Gasteiger partial charge in [0.2, 0.25) is 0 Å². The highest BCUT2D eigenvalue weighted by Gasteiger charge is 2.15. The van der Waals surface area contributed by atoms with E-state index >= 15 is 0 Å². The minimum absolute atomic E-state index is 0.389. The van der Waals surface area contributed by atoms with Gasteiger partial charge in [-0.05, 0) is 52.3 Å². The highest BCUT2D eigenvalue weighted by molar-refractivity contribution is 5.67. The fraction of sp³-hybridized carbons (Fsp3) is 0.588. The molecule has 0 unspecified atom stereocenters. The van der Waals surface area contributed by atoms with Crippen molar-refractivity contribution >= 4 is 6.09 Å². The monoisotopic (exact) mass is 297 g/mol. The lowest BCUT2D eigenvalue weighted by molar-refractivity contribution is 0.0514. The van der Waals surface area contributed by atoms with Crippen LogP contribution in [0.5, 0.6) is 0 Å². The van der Waals surface area contributed by atoms with E-state index in [-0.39, 0.29) is 0 Å². The van der Waals surface area contributed by atoms with Gasteiger partial charge in [-0.25, -0.2) is 4.79 Å². The molecule has 0 saturated carbocycles. The highest BCUT2D eigenvalue weighted by Crippen LogP contribution is 2.07. The lowest BCUT2D eigenvalue weighted by Gasteiger charge is -2.19. The van der Waals surface area contributed by atoms with Gasteiger partial charge >= 0.3 is 6.09 Å². The summed E-state index contributed by atoms with van der Waals surface area (Å²) >= 11 is 0. The molecule has 21 heavy (non-hydrogen) atoms. The van der Waals surface area contributed by atoms with E-state index in [9.17, 15) is 4.79 Å². The Morgan fingerprint density at radius 2 is 1.86 bits per heavy atom. The van der Waals surface area contributed by atoms with Crippen LogP contribution in [0.25, 0.3) is 0 Å². The van der Waals surface area contributed by atoms with Gasteiger partial charge in [-0.15, -0.1) is 0 Å². The van der Waals surface area contributed by atoms with Crippen LogP contribution >= 0.6 is 0 Å². The van der Waals surface area contributed by atoms with Crippen LogP contribution in [0, 0.1) is 0 Å². The van der Waals surface area contributed by atoms with Gasteiger partial charge in [0.15, 0.2) is 0 Å². The molecule has 122 valence electrons. The van der Waals surface area contributed by atoms with Crippen molar-refractivity contribution in [1.82, 2.24) is 5.32 Å². The molecule has 0 aromatic rings. The third-order valence-corrected chi connectivity index (χ3v) is 2.02. The molecule has 0 aromatic carbocycles. The third-order valence-electron chi connectivity index (χ3n) is 2.02. The number of hydrogen-bond acceptors (Lipinski definition) is 3. The maximum Gasteiger partial charge on any atom is 0.407 e. The molecule has 0 rings (SSSR count). The van der Waals surface area contributed by atoms with E-state index in [2.05, 4.69) is 11.9 Å². The molecule has 0 aliphatic heterocycles. The number of rotatable bonds is 6. The van der Waals surface area contributed by atoms with Crippen LogP contribution in [-0.2, 0) is 9.47 Å². The Labute approximate surface area is 129 Å². The average Bonchev–Trinajstić information content (AvgIpc) is 2.42. The number of hydrogen-bond donors (Lipinski definition) is 1. The molecule has 0 fully saturated rings. The molecule has 0 aliphatic rings. The molecule has 0 aromatic heterocycles. The molecular formula is C17H31NO3. The second-order valence-corrected chi connectivity index (χ2v) is 5.06. The first kappa shape index (κ1) is 21.6. The Hall–Kier alpha value is -1.71. The first-order valence-corrected chi connectivity index (χ1v) is 7.35. The summed E-state index contributed by atoms with van der Waals surface area (Å²) in [6, 6.07) is 0. The van der Waals surface area contributed by atoms with Gasteiger partial charge in [0.1, 0.15) is 18.0 Å². The lowest BCUT2D eigenvalue weighted by atomic mass is 10.2. The number of carbonyl (C=O) groups excluding carboxylic acids is 1. The minimum Gasteiger partial charge on any atom is -0.492 e. The summed E-state index contributed by atoms with van der Waals surface area (Å²) in [4.78, 5) is 11.4. The Morgan fingerprint density at radius 1 is 1.29 bits per heavy atom. The van der Waals surface area contributed by atoms with Crippen LogP contribution in [0.15, 0.2) is 36.1 Å². The molecule has 4 nitrogen and oxygen atoms in total. The molecule has 1 amide bonds. The van der Waals surface area contributed by atoms with Crippen molar-refractivity contribution in [2.75, 3.05) is 13.2 Å². The first-order chi connectivity index (χ1) is 9.78. The predicted molar refractivity (Wildman–Crippen MR) is 89.2 cm³/mol. The Bertz CT molecular complexity index is 363. The van der Waals surface area contributed by atoms with E-state index in [1.807, 2.05) is 60.6 Å². The zero-order valence-corrected chi connectivity index (χ0v) is 14.6. The third kappa shape index (κ3) is 14.5. The molecular weight excluding hydrogens is 266 g/mol. The zero-order valence-electron chi connectivity index (χ0n) is 14.6. The fourth-order valence-corrected chi connectivity index (χ4v) is 1.13. The SMILES string of the molecule is C=C/C(C)=C\C(=C/C)OCCNC(=O)OC(C)(C)C.CC. The fourth-order valence-electron chi connectivity index (χ4n) is 1.13. The number of allylic oxidation sites excluding steroid dienone is 4. The van der Waals surface area contributed by atoms with Crippen LogP contribution in [0.1, 0.15) is 48.5 Å². The molecule has 0 radical (unpaired) electrons. The lowest BCUT2D eigenvalue weighted by Crippen LogP contribution is -2.34. The summed E-state index contributed by atoms with van der Waals surface area (Å²) in [5.41, 5.74) is 0.539. The van der Waals surface area contributed by atoms with E-state index in [4.69, 9.17) is 9.47 Å². The molecule has 0 spiro atoms. The first-order valence-electron chi connectivity index (χ1n) is 7.35. The van der Waals surface area contributed by atoms with Crippen molar-refractivity contribution in [2.24, 2.45) is 0 Å². The summed E-state index contributed by atoms with van der Waals surface area (Å²) < 4.78 is 10.6. The van der Waals surface area contributed by atoms with Gasteiger partial charge in [0.05, 0.1) is 6.54 Å². The van der Waals surface area contributed by atoms with Gasteiger partial charge in [0, 0.05) is 0 Å². The van der Waals surface area contributed by atoms with Crippen molar-refractivity contribution in [2.45, 2.75) is 54.1 Å². The smallest absolute Gasteiger partial charge is 0.407 e. The van der Waals surface area contributed by atoms with Gasteiger partial charge < -0.3 is 14.8 Å². The Kier molecular flexibility index (Phi) is 12.4. The van der Waals surface area contributed by atoms with Crippen LogP contribution < -0.4 is 5.32 Å². The largest absolute Gasteiger partial charge is 0.492 e. The normalized spacial score (nSPS) is 12.0. The minimum atomic E-state index is -0.483. The molecule has 0 aliphatic carbocycles. The van der Waals surface area contributed by atoms with E-state index in [0.29, 0.717) is 13.2 Å². The number of nitrogens with one attached hydrogen (secondary N) is 1. The summed E-state index contributed by atoms with van der Waals surface area (Å²) in [6.07, 6.45) is 5.07. The number of alkyl carbamates (subject to hydrolysis) is 1. The highest BCUT2D eigenvalue weighted by atomic mass is 16.6. The van der Waals surface area contributed by atoms with E-state index < -0.39 is 11.7 Å². The van der Waals surface area contributed by atoms with Crippen LogP contribution in [0.4, 0.5) is 4.79 Å². The molecule has 0 saturated heterocycles. The van der Waals surface area contributed by atoms with Crippen LogP contribution in [0.3, 0.4) is 0 Å². The quantitative estimate of drug-likeness (QED) is 0.443.